The highest BCUT2D eigenvalue weighted by atomic mass is 16.5. The van der Waals surface area contributed by atoms with Gasteiger partial charge in [-0.2, -0.15) is 0 Å². The van der Waals surface area contributed by atoms with E-state index in [0.717, 1.165) is 24.2 Å². The number of aryl methyl sites for hydroxylation is 1. The minimum atomic E-state index is -0.720. The van der Waals surface area contributed by atoms with Crippen LogP contribution in [0.5, 0.6) is 5.75 Å². The number of ketones is 1. The van der Waals surface area contributed by atoms with Crippen molar-refractivity contribution in [3.8, 4) is 5.75 Å². The number of hydrogen-bond acceptors (Lipinski definition) is 7. The van der Waals surface area contributed by atoms with E-state index in [1.165, 1.54) is 0 Å². The summed E-state index contributed by atoms with van der Waals surface area (Å²) in [6, 6.07) is 17.8. The van der Waals surface area contributed by atoms with E-state index in [-0.39, 0.29) is 11.3 Å². The summed E-state index contributed by atoms with van der Waals surface area (Å²) < 4.78 is 11.3. The van der Waals surface area contributed by atoms with Gasteiger partial charge in [0.25, 0.3) is 11.7 Å². The number of carbonyl (C=O) groups is 2. The molecule has 2 saturated heterocycles. The van der Waals surface area contributed by atoms with Gasteiger partial charge in [-0.15, -0.1) is 0 Å². The van der Waals surface area contributed by atoms with Crippen molar-refractivity contribution in [3.63, 3.8) is 0 Å². The smallest absolute Gasteiger partial charge is 0.295 e. The second kappa shape index (κ2) is 11.6. The number of Topliss-reactive ketones (excluding diaryl/α,β-unsaturated/α-hetero) is 1. The van der Waals surface area contributed by atoms with Gasteiger partial charge in [0.15, 0.2) is 0 Å². The van der Waals surface area contributed by atoms with E-state index in [1.54, 1.807) is 47.6 Å². The summed E-state index contributed by atoms with van der Waals surface area (Å²) in [6.07, 6.45) is 3.27. The SMILES string of the molecule is Cc1cccc(COc2ccc(C(O)=C3C(=O)C(=O)N(CCN4CCOCC4)C3c3cccnc3)cc2)c1. The highest BCUT2D eigenvalue weighted by molar-refractivity contribution is 6.46. The maximum atomic E-state index is 13.2. The first kappa shape index (κ1) is 25.6. The molecule has 2 aliphatic rings. The highest BCUT2D eigenvalue weighted by Gasteiger charge is 2.46. The fourth-order valence-corrected chi connectivity index (χ4v) is 4.90. The van der Waals surface area contributed by atoms with E-state index in [4.69, 9.17) is 9.47 Å². The molecule has 1 atom stereocenters. The van der Waals surface area contributed by atoms with E-state index in [1.807, 2.05) is 31.2 Å². The Bertz CT molecular complexity index is 1320. The molecule has 2 aliphatic heterocycles. The molecule has 1 unspecified atom stereocenters. The molecule has 196 valence electrons. The molecular weight excluding hydrogens is 482 g/mol. The Balaban J connectivity index is 1.39. The molecule has 38 heavy (non-hydrogen) atoms. The van der Waals surface area contributed by atoms with Crippen LogP contribution in [0.15, 0.2) is 78.6 Å². The van der Waals surface area contributed by atoms with Gasteiger partial charge < -0.3 is 19.5 Å². The van der Waals surface area contributed by atoms with Crippen molar-refractivity contribution < 1.29 is 24.2 Å². The maximum Gasteiger partial charge on any atom is 0.295 e. The minimum absolute atomic E-state index is 0.0680. The quantitative estimate of drug-likeness (QED) is 0.279. The van der Waals surface area contributed by atoms with Gasteiger partial charge in [0, 0.05) is 44.1 Å². The number of hydrogen-bond donors (Lipinski definition) is 1. The van der Waals surface area contributed by atoms with Crippen molar-refractivity contribution in [1.29, 1.82) is 0 Å². The fraction of sp³-hybridized carbons (Fsp3) is 0.300. The van der Waals surface area contributed by atoms with Crippen molar-refractivity contribution in [2.24, 2.45) is 0 Å². The molecule has 3 aromatic rings. The summed E-state index contributed by atoms with van der Waals surface area (Å²) in [5.74, 6) is -0.890. The van der Waals surface area contributed by atoms with Gasteiger partial charge in [-0.05, 0) is 48.4 Å². The second-order valence-corrected chi connectivity index (χ2v) is 9.53. The third-order valence-electron chi connectivity index (χ3n) is 6.92. The number of carbonyl (C=O) groups excluding carboxylic acids is 2. The minimum Gasteiger partial charge on any atom is -0.507 e. The third kappa shape index (κ3) is 5.61. The van der Waals surface area contributed by atoms with Gasteiger partial charge in [-0.25, -0.2) is 0 Å². The maximum absolute atomic E-state index is 13.2. The topological polar surface area (TPSA) is 92.2 Å². The average molecular weight is 514 g/mol. The highest BCUT2D eigenvalue weighted by Crippen LogP contribution is 2.39. The lowest BCUT2D eigenvalue weighted by Crippen LogP contribution is -2.42. The van der Waals surface area contributed by atoms with Crippen molar-refractivity contribution in [2.75, 3.05) is 39.4 Å². The summed E-state index contributed by atoms with van der Waals surface area (Å²) in [4.78, 5) is 34.3. The molecule has 0 bridgehead atoms. The number of rotatable bonds is 8. The molecule has 1 N–H and O–H groups in total. The number of amides is 1. The van der Waals surface area contributed by atoms with Gasteiger partial charge in [-0.3, -0.25) is 19.5 Å². The summed E-state index contributed by atoms with van der Waals surface area (Å²) in [5.41, 5.74) is 3.40. The van der Waals surface area contributed by atoms with Crippen LogP contribution in [-0.4, -0.2) is 71.0 Å². The fourth-order valence-electron chi connectivity index (χ4n) is 4.90. The van der Waals surface area contributed by atoms with Gasteiger partial charge in [0.05, 0.1) is 24.8 Å². The molecule has 1 amide bonds. The lowest BCUT2D eigenvalue weighted by Gasteiger charge is -2.30. The Hall–Kier alpha value is -4.01. The van der Waals surface area contributed by atoms with Crippen molar-refractivity contribution in [1.82, 2.24) is 14.8 Å². The normalized spacial score (nSPS) is 19.6. The Labute approximate surface area is 222 Å². The van der Waals surface area contributed by atoms with E-state index in [9.17, 15) is 14.7 Å². The molecule has 2 fully saturated rings. The number of pyridine rings is 1. The number of nitrogens with zero attached hydrogens (tertiary/aromatic N) is 3. The monoisotopic (exact) mass is 513 g/mol. The zero-order valence-electron chi connectivity index (χ0n) is 21.4. The molecule has 0 aliphatic carbocycles. The van der Waals surface area contributed by atoms with Crippen LogP contribution in [0.2, 0.25) is 0 Å². The lowest BCUT2D eigenvalue weighted by atomic mass is 9.96. The van der Waals surface area contributed by atoms with Crippen LogP contribution >= 0.6 is 0 Å². The number of aliphatic hydroxyl groups excluding tert-OH is 1. The first-order valence-corrected chi connectivity index (χ1v) is 12.8. The average Bonchev–Trinajstić information content (AvgIpc) is 3.21. The van der Waals surface area contributed by atoms with Crippen LogP contribution in [-0.2, 0) is 20.9 Å². The number of aliphatic hydroxyl groups is 1. The molecule has 0 saturated carbocycles. The zero-order chi connectivity index (χ0) is 26.5. The third-order valence-corrected chi connectivity index (χ3v) is 6.92. The van der Waals surface area contributed by atoms with Crippen LogP contribution < -0.4 is 4.74 Å². The van der Waals surface area contributed by atoms with Crippen LogP contribution in [0.4, 0.5) is 0 Å². The molecule has 0 radical (unpaired) electrons. The number of morpholine rings is 1. The first-order valence-electron chi connectivity index (χ1n) is 12.8. The van der Waals surface area contributed by atoms with E-state index >= 15 is 0 Å². The Morgan fingerprint density at radius 2 is 1.84 bits per heavy atom. The number of aromatic nitrogens is 1. The number of likely N-dealkylation sites (tertiary alicyclic amines) is 1. The lowest BCUT2D eigenvalue weighted by molar-refractivity contribution is -0.140. The van der Waals surface area contributed by atoms with Crippen LogP contribution in [0.25, 0.3) is 5.76 Å². The molecule has 0 spiro atoms. The van der Waals surface area contributed by atoms with E-state index in [0.29, 0.717) is 49.8 Å². The van der Waals surface area contributed by atoms with E-state index in [2.05, 4.69) is 16.0 Å². The number of ether oxygens (including phenoxy) is 2. The molecule has 8 nitrogen and oxygen atoms in total. The molecule has 2 aromatic carbocycles. The van der Waals surface area contributed by atoms with Gasteiger partial charge in [0.1, 0.15) is 18.1 Å². The summed E-state index contributed by atoms with van der Waals surface area (Å²) in [6.45, 7) is 6.27. The number of benzene rings is 2. The van der Waals surface area contributed by atoms with Gasteiger partial charge >= 0.3 is 0 Å². The molecule has 8 heteroatoms. The van der Waals surface area contributed by atoms with Gasteiger partial charge in [-0.1, -0.05) is 35.9 Å². The van der Waals surface area contributed by atoms with Crippen LogP contribution in [0.1, 0.15) is 28.3 Å². The molecule has 1 aromatic heterocycles. The summed E-state index contributed by atoms with van der Waals surface area (Å²) in [7, 11) is 0. The van der Waals surface area contributed by atoms with Gasteiger partial charge in [0.2, 0.25) is 0 Å². The summed E-state index contributed by atoms with van der Waals surface area (Å²) in [5, 5.41) is 11.3. The summed E-state index contributed by atoms with van der Waals surface area (Å²) >= 11 is 0. The largest absolute Gasteiger partial charge is 0.507 e. The second-order valence-electron chi connectivity index (χ2n) is 9.53. The van der Waals surface area contributed by atoms with Crippen LogP contribution in [0, 0.1) is 6.92 Å². The zero-order valence-corrected chi connectivity index (χ0v) is 21.4. The van der Waals surface area contributed by atoms with Crippen molar-refractivity contribution >= 4 is 17.4 Å². The molecule has 5 rings (SSSR count). The Kier molecular flexibility index (Phi) is 7.81. The van der Waals surface area contributed by atoms with Crippen LogP contribution in [0.3, 0.4) is 0 Å². The van der Waals surface area contributed by atoms with Crippen molar-refractivity contribution in [3.05, 3.63) is 101 Å². The predicted octanol–water partition coefficient (Wildman–Crippen LogP) is 3.72. The molecule has 3 heterocycles. The van der Waals surface area contributed by atoms with E-state index < -0.39 is 17.7 Å². The Morgan fingerprint density at radius 3 is 2.55 bits per heavy atom. The first-order chi connectivity index (χ1) is 18.5. The predicted molar refractivity (Wildman–Crippen MR) is 142 cm³/mol. The Morgan fingerprint density at radius 1 is 1.05 bits per heavy atom. The molecular formula is C30H31N3O5. The van der Waals surface area contributed by atoms with Crippen molar-refractivity contribution in [2.45, 2.75) is 19.6 Å². The standard InChI is InChI=1S/C30H31N3O5/c1-21-4-2-5-22(18-21)20-38-25-9-7-23(8-10-25)28(34)26-27(24-6-3-11-31-19-24)33(30(36)29(26)35)13-12-32-14-16-37-17-15-32/h2-11,18-19,27,34H,12-17,20H2,1H3.